The third-order valence-corrected chi connectivity index (χ3v) is 7.80. The van der Waals surface area contributed by atoms with E-state index < -0.39 is 0 Å². The fourth-order valence-electron chi connectivity index (χ4n) is 5.56. The smallest absolute Gasteiger partial charge is 0.262 e. The van der Waals surface area contributed by atoms with Crippen LogP contribution in [-0.2, 0) is 27.2 Å². The summed E-state index contributed by atoms with van der Waals surface area (Å²) in [6, 6.07) is 11.6. The molecule has 0 radical (unpaired) electrons. The zero-order valence-corrected chi connectivity index (χ0v) is 24.3. The molecule has 0 aromatic heterocycles. The minimum atomic E-state index is -0.281. The van der Waals surface area contributed by atoms with Gasteiger partial charge in [-0.25, -0.2) is 0 Å². The summed E-state index contributed by atoms with van der Waals surface area (Å²) in [5.41, 5.74) is 9.93. The van der Waals surface area contributed by atoms with E-state index in [1.165, 1.54) is 12.6 Å². The van der Waals surface area contributed by atoms with E-state index in [0.717, 1.165) is 48.8 Å². The van der Waals surface area contributed by atoms with Gasteiger partial charge in [-0.1, -0.05) is 43.5 Å². The normalized spacial score (nSPS) is 15.4. The number of benzene rings is 2. The van der Waals surface area contributed by atoms with Crippen LogP contribution in [0.2, 0.25) is 0 Å². The summed E-state index contributed by atoms with van der Waals surface area (Å²) in [5.74, 6) is 0.374. The van der Waals surface area contributed by atoms with Gasteiger partial charge in [-0.05, 0) is 61.1 Å². The van der Waals surface area contributed by atoms with Crippen molar-refractivity contribution in [2.45, 2.75) is 57.4 Å². The number of anilines is 1. The highest BCUT2D eigenvalue weighted by Gasteiger charge is 2.25. The summed E-state index contributed by atoms with van der Waals surface area (Å²) in [6.07, 6.45) is 10.5. The van der Waals surface area contributed by atoms with Gasteiger partial charge in [0.1, 0.15) is 11.4 Å². The summed E-state index contributed by atoms with van der Waals surface area (Å²) in [6.45, 7) is 2.86. The Balaban J connectivity index is 1.21. The molecule has 0 atom stereocenters. The molecule has 0 bridgehead atoms. The van der Waals surface area contributed by atoms with Crippen LogP contribution < -0.4 is 26.5 Å². The molecular formula is C32H44N5O5+. The van der Waals surface area contributed by atoms with Crippen molar-refractivity contribution in [3.8, 4) is 11.5 Å². The average molecular weight is 579 g/mol. The van der Waals surface area contributed by atoms with Crippen molar-refractivity contribution in [3.05, 3.63) is 59.2 Å². The number of allylic oxidation sites excluding steroid dienone is 1. The predicted molar refractivity (Wildman–Crippen MR) is 163 cm³/mol. The van der Waals surface area contributed by atoms with E-state index in [1.807, 2.05) is 35.2 Å². The van der Waals surface area contributed by atoms with Gasteiger partial charge in [-0.3, -0.25) is 15.0 Å². The van der Waals surface area contributed by atoms with Crippen molar-refractivity contribution in [1.82, 2.24) is 10.2 Å². The van der Waals surface area contributed by atoms with E-state index in [0.29, 0.717) is 62.8 Å². The van der Waals surface area contributed by atoms with Crippen LogP contribution in [0.4, 0.5) is 5.69 Å². The van der Waals surface area contributed by atoms with Crippen molar-refractivity contribution in [2.24, 2.45) is 5.73 Å². The molecule has 1 heterocycles. The fourth-order valence-corrected chi connectivity index (χ4v) is 5.56. The number of nitrogens with one attached hydrogen (secondary N) is 2. The number of nitrogens with two attached hydrogens (primary N) is 2. The number of nitrogens with zero attached hydrogens (tertiary/aromatic N) is 1. The van der Waals surface area contributed by atoms with Gasteiger partial charge in [0.15, 0.2) is 18.6 Å². The summed E-state index contributed by atoms with van der Waals surface area (Å²) < 4.78 is 11.4. The number of hydrogen-bond donors (Lipinski definition) is 5. The highest BCUT2D eigenvalue weighted by molar-refractivity contribution is 5.97. The number of carbonyl (C=O) groups excluding carboxylic acids is 2. The molecule has 0 spiro atoms. The molecule has 4 rings (SSSR count). The highest BCUT2D eigenvalue weighted by atomic mass is 16.5. The molecule has 0 saturated heterocycles. The average Bonchev–Trinajstić information content (AvgIpc) is 3.00. The molecule has 2 aromatic rings. The van der Waals surface area contributed by atoms with Crippen molar-refractivity contribution in [1.29, 1.82) is 0 Å². The van der Waals surface area contributed by atoms with E-state index in [4.69, 9.17) is 20.6 Å². The molecular weight excluding hydrogens is 534 g/mol. The zero-order valence-electron chi connectivity index (χ0n) is 24.3. The second-order valence-electron chi connectivity index (χ2n) is 10.8. The number of aromatic hydroxyl groups is 1. The first-order chi connectivity index (χ1) is 20.5. The van der Waals surface area contributed by atoms with Crippen molar-refractivity contribution < 1.29 is 29.6 Å². The number of amides is 2. The molecule has 10 heteroatoms. The van der Waals surface area contributed by atoms with Crippen LogP contribution >= 0.6 is 0 Å². The summed E-state index contributed by atoms with van der Waals surface area (Å²) in [5, 5.41) is 21.6. The molecule has 2 aromatic carbocycles. The lowest BCUT2D eigenvalue weighted by Gasteiger charge is -2.34. The van der Waals surface area contributed by atoms with Gasteiger partial charge in [-0.15, -0.1) is 0 Å². The molecule has 2 amide bonds. The summed E-state index contributed by atoms with van der Waals surface area (Å²) in [7, 11) is 0. The first-order valence-corrected chi connectivity index (χ1v) is 14.9. The number of carbonyl (C=O) groups is 2. The molecule has 1 aliphatic heterocycles. The number of phenolic OH excluding ortho intramolecular Hbond substituents is 1. The van der Waals surface area contributed by atoms with Gasteiger partial charge < -0.3 is 35.8 Å². The quantitative estimate of drug-likeness (QED) is 0.123. The fraction of sp³-hybridized carbons (Fsp3) is 0.469. The molecule has 1 fully saturated rings. The Labute approximate surface area is 247 Å². The lowest BCUT2D eigenvalue weighted by atomic mass is 9.94. The molecule has 42 heavy (non-hydrogen) atoms. The number of phenols is 1. The van der Waals surface area contributed by atoms with Crippen LogP contribution in [0, 0.1) is 0 Å². The van der Waals surface area contributed by atoms with Gasteiger partial charge in [-0.2, -0.15) is 0 Å². The van der Waals surface area contributed by atoms with Crippen molar-refractivity contribution in [3.63, 3.8) is 0 Å². The number of rotatable bonds is 15. The first-order valence-electron chi connectivity index (χ1n) is 14.9. The third kappa shape index (κ3) is 8.80. The van der Waals surface area contributed by atoms with Crippen molar-refractivity contribution >= 4 is 29.4 Å². The second-order valence-corrected chi connectivity index (χ2v) is 10.8. The van der Waals surface area contributed by atoms with Gasteiger partial charge in [0.05, 0.1) is 19.6 Å². The maximum absolute atomic E-state index is 13.3. The topological polar surface area (TPSA) is 152 Å². The van der Waals surface area contributed by atoms with E-state index in [1.54, 1.807) is 12.1 Å². The monoisotopic (exact) mass is 578 g/mol. The van der Waals surface area contributed by atoms with Crippen LogP contribution in [0.5, 0.6) is 11.5 Å². The highest BCUT2D eigenvalue weighted by Crippen LogP contribution is 2.39. The lowest BCUT2D eigenvalue weighted by molar-refractivity contribution is -0.135. The van der Waals surface area contributed by atoms with E-state index in [-0.39, 0.29) is 30.2 Å². The number of fused-ring (bicyclic) bond motifs is 1. The Kier molecular flexibility index (Phi) is 11.8. The number of hydrogen-bond acceptors (Lipinski definition) is 7. The molecule has 10 nitrogen and oxygen atoms in total. The standard InChI is InChI=1S/C32H43N5O5/c33-15-11-27(34)25-6-4-5-23(21-25)13-19-41-20-14-30(40)37(26-7-2-1-3-8-26)18-17-35-16-12-24-9-10-28(38)31-32(24)42-22-29(39)36-31/h4-6,9-11,15,21,26,33,35,38H,1-3,7-8,12-14,16-20,22,34H2,(H,36,39)/p+1. The van der Waals surface area contributed by atoms with Crippen LogP contribution in [0.25, 0.3) is 5.70 Å². The lowest BCUT2D eigenvalue weighted by Crippen LogP contribution is -2.45. The van der Waals surface area contributed by atoms with E-state index in [2.05, 4.69) is 10.6 Å². The molecule has 0 unspecified atom stereocenters. The summed E-state index contributed by atoms with van der Waals surface area (Å²) in [4.78, 5) is 27.0. The maximum Gasteiger partial charge on any atom is 0.262 e. The Hall–Kier alpha value is -3.89. The molecule has 7 N–H and O–H groups in total. The minimum Gasteiger partial charge on any atom is -0.506 e. The Morgan fingerprint density at radius 2 is 2.00 bits per heavy atom. The van der Waals surface area contributed by atoms with Gasteiger partial charge in [0, 0.05) is 30.9 Å². The summed E-state index contributed by atoms with van der Waals surface area (Å²) >= 11 is 0. The molecule has 1 saturated carbocycles. The van der Waals surface area contributed by atoms with Crippen LogP contribution in [-0.4, -0.2) is 73.5 Å². The van der Waals surface area contributed by atoms with Gasteiger partial charge in [0.2, 0.25) is 5.91 Å². The first kappa shape index (κ1) is 31.1. The predicted octanol–water partition coefficient (Wildman–Crippen LogP) is 1.80. The minimum absolute atomic E-state index is 0.00519. The van der Waals surface area contributed by atoms with E-state index >= 15 is 0 Å². The Bertz CT molecular complexity index is 1260. The SMILES string of the molecule is NC(=CC=[NH2+])c1cccc(CCOCCC(=O)N(CCNCCc2ccc(O)c3c2OCC(=O)N3)C2CCCCC2)c1. The second kappa shape index (κ2) is 15.9. The maximum atomic E-state index is 13.3. The molecule has 1 aliphatic carbocycles. The number of ether oxygens (including phenoxy) is 2. The van der Waals surface area contributed by atoms with Gasteiger partial charge >= 0.3 is 0 Å². The Morgan fingerprint density at radius 3 is 2.81 bits per heavy atom. The van der Waals surface area contributed by atoms with Crippen LogP contribution in [0.3, 0.4) is 0 Å². The van der Waals surface area contributed by atoms with Crippen molar-refractivity contribution in [2.75, 3.05) is 44.8 Å². The van der Waals surface area contributed by atoms with Crippen LogP contribution in [0.15, 0.2) is 42.5 Å². The largest absolute Gasteiger partial charge is 0.506 e. The zero-order chi connectivity index (χ0) is 29.7. The Morgan fingerprint density at radius 1 is 1.17 bits per heavy atom. The third-order valence-electron chi connectivity index (χ3n) is 7.80. The van der Waals surface area contributed by atoms with Gasteiger partial charge in [0.25, 0.3) is 5.91 Å². The van der Waals surface area contributed by atoms with Crippen LogP contribution in [0.1, 0.15) is 55.2 Å². The molecule has 2 aliphatic rings. The molecule has 226 valence electrons. The van der Waals surface area contributed by atoms with E-state index in [9.17, 15) is 14.7 Å².